The summed E-state index contributed by atoms with van der Waals surface area (Å²) in [6.07, 6.45) is 0. The van der Waals surface area contributed by atoms with E-state index in [1.165, 1.54) is 0 Å². The Hall–Kier alpha value is -1.42. The average Bonchev–Trinajstić information content (AvgIpc) is 2.38. The van der Waals surface area contributed by atoms with Gasteiger partial charge in [0.15, 0.2) is 11.5 Å². The molecule has 1 saturated heterocycles. The smallest absolute Gasteiger partial charge is 0.184 e. The first kappa shape index (κ1) is 11.1. The third kappa shape index (κ3) is 2.07. The fourth-order valence-electron chi connectivity index (χ4n) is 1.92. The van der Waals surface area contributed by atoms with Crippen LogP contribution in [0.25, 0.3) is 0 Å². The number of morpholine rings is 1. The summed E-state index contributed by atoms with van der Waals surface area (Å²) in [5.41, 5.74) is 1.07. The summed E-state index contributed by atoms with van der Waals surface area (Å²) in [5.74, 6) is 1.57. The molecule has 0 saturated carbocycles. The molecule has 0 radical (unpaired) electrons. The first-order valence-electron chi connectivity index (χ1n) is 5.40. The van der Waals surface area contributed by atoms with Crippen molar-refractivity contribution in [1.29, 1.82) is 0 Å². The first-order chi connectivity index (χ1) is 7.86. The molecule has 0 amide bonds. The monoisotopic (exact) mass is 223 g/mol. The molecule has 0 N–H and O–H groups in total. The molecule has 1 aromatic carbocycles. The zero-order chi connectivity index (χ0) is 11.4. The Labute approximate surface area is 95.7 Å². The highest BCUT2D eigenvalue weighted by Gasteiger charge is 2.17. The van der Waals surface area contributed by atoms with Gasteiger partial charge in [-0.15, -0.1) is 0 Å². The lowest BCUT2D eigenvalue weighted by molar-refractivity contribution is 0.122. The molecule has 1 heterocycles. The van der Waals surface area contributed by atoms with Gasteiger partial charge in [0.05, 0.1) is 33.1 Å². The van der Waals surface area contributed by atoms with Gasteiger partial charge in [0.25, 0.3) is 0 Å². The second-order valence-corrected chi connectivity index (χ2v) is 3.61. The van der Waals surface area contributed by atoms with Crippen molar-refractivity contribution in [3.8, 4) is 11.5 Å². The molecule has 16 heavy (non-hydrogen) atoms. The lowest BCUT2D eigenvalue weighted by Gasteiger charge is -2.30. The summed E-state index contributed by atoms with van der Waals surface area (Å²) in [5, 5.41) is 0. The quantitative estimate of drug-likeness (QED) is 0.777. The molecule has 0 unspecified atom stereocenters. The van der Waals surface area contributed by atoms with Crippen molar-refractivity contribution in [3.63, 3.8) is 0 Å². The molecule has 2 rings (SSSR count). The van der Waals surface area contributed by atoms with Gasteiger partial charge in [-0.05, 0) is 12.1 Å². The largest absolute Gasteiger partial charge is 0.493 e. The highest BCUT2D eigenvalue weighted by molar-refractivity contribution is 5.64. The molecule has 0 spiro atoms. The van der Waals surface area contributed by atoms with Gasteiger partial charge in [0, 0.05) is 13.1 Å². The Balaban J connectivity index is 2.30. The van der Waals surface area contributed by atoms with Gasteiger partial charge in [-0.2, -0.15) is 0 Å². The van der Waals surface area contributed by atoms with Crippen molar-refractivity contribution in [2.45, 2.75) is 0 Å². The lowest BCUT2D eigenvalue weighted by atomic mass is 10.2. The van der Waals surface area contributed by atoms with Crippen molar-refractivity contribution in [2.24, 2.45) is 0 Å². The van der Waals surface area contributed by atoms with Crippen LogP contribution in [0.15, 0.2) is 18.2 Å². The minimum absolute atomic E-state index is 0.764. The molecular formula is C12H17NO3. The minimum atomic E-state index is 0.764. The zero-order valence-corrected chi connectivity index (χ0v) is 9.73. The molecule has 88 valence electrons. The number of anilines is 1. The van der Waals surface area contributed by atoms with E-state index in [0.29, 0.717) is 0 Å². The SMILES string of the molecule is COc1cccc(N2CCOCC2)c1OC. The van der Waals surface area contributed by atoms with Gasteiger partial charge >= 0.3 is 0 Å². The summed E-state index contributed by atoms with van der Waals surface area (Å²) in [6.45, 7) is 3.31. The normalized spacial score (nSPS) is 16.0. The number of nitrogens with zero attached hydrogens (tertiary/aromatic N) is 1. The second-order valence-electron chi connectivity index (χ2n) is 3.61. The minimum Gasteiger partial charge on any atom is -0.493 e. The van der Waals surface area contributed by atoms with Gasteiger partial charge in [-0.3, -0.25) is 0 Å². The van der Waals surface area contributed by atoms with Crippen LogP contribution in [-0.4, -0.2) is 40.5 Å². The van der Waals surface area contributed by atoms with E-state index in [1.54, 1.807) is 14.2 Å². The molecule has 0 aromatic heterocycles. The zero-order valence-electron chi connectivity index (χ0n) is 9.73. The third-order valence-electron chi connectivity index (χ3n) is 2.73. The number of methoxy groups -OCH3 is 2. The molecule has 0 atom stereocenters. The second kappa shape index (κ2) is 5.07. The fourth-order valence-corrected chi connectivity index (χ4v) is 1.92. The maximum absolute atomic E-state index is 5.41. The van der Waals surface area contributed by atoms with Crippen molar-refractivity contribution in [1.82, 2.24) is 0 Å². The Bertz CT molecular complexity index is 348. The van der Waals surface area contributed by atoms with Crippen LogP contribution >= 0.6 is 0 Å². The molecule has 1 fully saturated rings. The third-order valence-corrected chi connectivity index (χ3v) is 2.73. The number of ether oxygens (including phenoxy) is 3. The van der Waals surface area contributed by atoms with Crippen LogP contribution < -0.4 is 14.4 Å². The van der Waals surface area contributed by atoms with E-state index in [9.17, 15) is 0 Å². The van der Waals surface area contributed by atoms with Crippen molar-refractivity contribution < 1.29 is 14.2 Å². The van der Waals surface area contributed by atoms with Crippen LogP contribution in [0.3, 0.4) is 0 Å². The topological polar surface area (TPSA) is 30.9 Å². The van der Waals surface area contributed by atoms with E-state index in [4.69, 9.17) is 14.2 Å². The number of hydrogen-bond acceptors (Lipinski definition) is 4. The summed E-state index contributed by atoms with van der Waals surface area (Å²) in [6, 6.07) is 5.93. The number of para-hydroxylation sites is 1. The van der Waals surface area contributed by atoms with Gasteiger partial charge in [0.2, 0.25) is 0 Å². The predicted molar refractivity (Wildman–Crippen MR) is 62.6 cm³/mol. The van der Waals surface area contributed by atoms with Gasteiger partial charge in [-0.1, -0.05) is 6.07 Å². The maximum Gasteiger partial charge on any atom is 0.184 e. The van der Waals surface area contributed by atoms with Crippen LogP contribution in [0.4, 0.5) is 5.69 Å². The number of benzene rings is 1. The van der Waals surface area contributed by atoms with Gasteiger partial charge in [-0.25, -0.2) is 0 Å². The Morgan fingerprint density at radius 3 is 2.50 bits per heavy atom. The standard InChI is InChI=1S/C12H17NO3/c1-14-11-5-3-4-10(12(11)15-2)13-6-8-16-9-7-13/h3-5H,6-9H2,1-2H3. The molecule has 0 bridgehead atoms. The molecule has 1 aliphatic rings. The van der Waals surface area contributed by atoms with E-state index in [2.05, 4.69) is 4.90 Å². The lowest BCUT2D eigenvalue weighted by Crippen LogP contribution is -2.36. The van der Waals surface area contributed by atoms with E-state index in [0.717, 1.165) is 43.5 Å². The van der Waals surface area contributed by atoms with Crippen LogP contribution in [0.1, 0.15) is 0 Å². The predicted octanol–water partition coefficient (Wildman–Crippen LogP) is 1.54. The van der Waals surface area contributed by atoms with Crippen LogP contribution in [0, 0.1) is 0 Å². The Kier molecular flexibility index (Phi) is 3.51. The van der Waals surface area contributed by atoms with Crippen LogP contribution in [0.2, 0.25) is 0 Å². The maximum atomic E-state index is 5.41. The average molecular weight is 223 g/mol. The van der Waals surface area contributed by atoms with Crippen molar-refractivity contribution >= 4 is 5.69 Å². The van der Waals surface area contributed by atoms with Crippen LogP contribution in [0.5, 0.6) is 11.5 Å². The molecule has 4 heteroatoms. The highest BCUT2D eigenvalue weighted by atomic mass is 16.5. The van der Waals surface area contributed by atoms with Crippen molar-refractivity contribution in [3.05, 3.63) is 18.2 Å². The van der Waals surface area contributed by atoms with E-state index < -0.39 is 0 Å². The van der Waals surface area contributed by atoms with E-state index >= 15 is 0 Å². The van der Waals surface area contributed by atoms with Crippen LogP contribution in [-0.2, 0) is 4.74 Å². The molecule has 1 aromatic rings. The summed E-state index contributed by atoms with van der Waals surface area (Å²) >= 11 is 0. The molecular weight excluding hydrogens is 206 g/mol. The van der Waals surface area contributed by atoms with Gasteiger partial charge in [0.1, 0.15) is 0 Å². The summed E-state index contributed by atoms with van der Waals surface area (Å²) in [4.78, 5) is 2.25. The number of rotatable bonds is 3. The molecule has 1 aliphatic heterocycles. The number of hydrogen-bond donors (Lipinski definition) is 0. The summed E-state index contributed by atoms with van der Waals surface area (Å²) in [7, 11) is 3.32. The van der Waals surface area contributed by atoms with Gasteiger partial charge < -0.3 is 19.1 Å². The summed E-state index contributed by atoms with van der Waals surface area (Å²) < 4.78 is 16.0. The fraction of sp³-hybridized carbons (Fsp3) is 0.500. The first-order valence-corrected chi connectivity index (χ1v) is 5.40. The van der Waals surface area contributed by atoms with E-state index in [1.807, 2.05) is 18.2 Å². The Morgan fingerprint density at radius 2 is 1.88 bits per heavy atom. The molecule has 0 aliphatic carbocycles. The van der Waals surface area contributed by atoms with Crippen molar-refractivity contribution in [2.75, 3.05) is 45.4 Å². The molecule has 4 nitrogen and oxygen atoms in total. The Morgan fingerprint density at radius 1 is 1.12 bits per heavy atom. The van der Waals surface area contributed by atoms with E-state index in [-0.39, 0.29) is 0 Å². The highest BCUT2D eigenvalue weighted by Crippen LogP contribution is 2.37.